The van der Waals surface area contributed by atoms with Crippen molar-refractivity contribution in [2.24, 2.45) is 11.7 Å². The summed E-state index contributed by atoms with van der Waals surface area (Å²) in [4.78, 5) is 14.0. The van der Waals surface area contributed by atoms with E-state index >= 15 is 0 Å². The second-order valence-electron chi connectivity index (χ2n) is 6.42. The number of hydrogen-bond acceptors (Lipinski definition) is 3. The number of amides is 1. The summed E-state index contributed by atoms with van der Waals surface area (Å²) in [6, 6.07) is 9.38. The molecule has 3 rings (SSSR count). The van der Waals surface area contributed by atoms with Gasteiger partial charge in [0.25, 0.3) is 0 Å². The van der Waals surface area contributed by atoms with Crippen LogP contribution in [0.4, 0.5) is 0 Å². The predicted octanol–water partition coefficient (Wildman–Crippen LogP) is 1.60. The van der Waals surface area contributed by atoms with E-state index in [4.69, 9.17) is 5.73 Å². The van der Waals surface area contributed by atoms with Crippen LogP contribution in [-0.2, 0) is 4.79 Å². The molecule has 0 aromatic heterocycles. The van der Waals surface area contributed by atoms with Gasteiger partial charge in [0.15, 0.2) is 0 Å². The highest BCUT2D eigenvalue weighted by Crippen LogP contribution is 2.30. The van der Waals surface area contributed by atoms with Crippen LogP contribution in [0.15, 0.2) is 24.3 Å². The first kappa shape index (κ1) is 14.5. The fourth-order valence-electron chi connectivity index (χ4n) is 3.71. The Hall–Kier alpha value is -1.39. The number of rotatable bonds is 3. The number of carbonyl (C=O) groups is 1. The van der Waals surface area contributed by atoms with E-state index in [9.17, 15) is 4.79 Å². The van der Waals surface area contributed by atoms with E-state index in [1.54, 1.807) is 0 Å². The maximum Gasteiger partial charge on any atom is 0.220 e. The number of piperidine rings is 2. The number of nitrogens with one attached hydrogen (secondary N) is 1. The van der Waals surface area contributed by atoms with Crippen molar-refractivity contribution in [1.29, 1.82) is 0 Å². The molecule has 2 fully saturated rings. The summed E-state index contributed by atoms with van der Waals surface area (Å²) in [6.07, 6.45) is 2.73. The Morgan fingerprint density at radius 1 is 1.33 bits per heavy atom. The van der Waals surface area contributed by atoms with Crippen molar-refractivity contribution in [2.75, 3.05) is 19.6 Å². The normalized spacial score (nSPS) is 27.8. The van der Waals surface area contributed by atoms with Crippen LogP contribution in [0, 0.1) is 12.8 Å². The van der Waals surface area contributed by atoms with Crippen LogP contribution in [-0.4, -0.2) is 36.5 Å². The van der Waals surface area contributed by atoms with Gasteiger partial charge in [-0.1, -0.05) is 29.8 Å². The van der Waals surface area contributed by atoms with Gasteiger partial charge < -0.3 is 11.1 Å². The van der Waals surface area contributed by atoms with Gasteiger partial charge in [-0.2, -0.15) is 0 Å². The van der Waals surface area contributed by atoms with E-state index < -0.39 is 0 Å². The monoisotopic (exact) mass is 287 g/mol. The number of carbonyl (C=O) groups excluding carboxylic acids is 1. The molecule has 2 aliphatic heterocycles. The average molecular weight is 287 g/mol. The average Bonchev–Trinajstić information content (AvgIpc) is 2.50. The first-order chi connectivity index (χ1) is 10.2. The number of benzene rings is 1. The molecule has 3 atom stereocenters. The first-order valence-electron chi connectivity index (χ1n) is 7.97. The molecule has 0 aliphatic carbocycles. The highest BCUT2D eigenvalue weighted by Gasteiger charge is 2.35. The lowest BCUT2D eigenvalue weighted by Crippen LogP contribution is -2.55. The smallest absolute Gasteiger partial charge is 0.220 e. The second kappa shape index (κ2) is 6.16. The quantitative estimate of drug-likeness (QED) is 0.887. The minimum Gasteiger partial charge on any atom is -0.353 e. The maximum atomic E-state index is 11.5. The molecular weight excluding hydrogens is 262 g/mol. The highest BCUT2D eigenvalue weighted by molar-refractivity contribution is 5.77. The van der Waals surface area contributed by atoms with Gasteiger partial charge in [0.1, 0.15) is 0 Å². The molecule has 0 radical (unpaired) electrons. The summed E-state index contributed by atoms with van der Waals surface area (Å²) in [7, 11) is 0. The molecule has 1 aromatic carbocycles. The topological polar surface area (TPSA) is 58.4 Å². The van der Waals surface area contributed by atoms with Crippen molar-refractivity contribution in [3.63, 3.8) is 0 Å². The maximum absolute atomic E-state index is 11.5. The first-order valence-corrected chi connectivity index (χ1v) is 7.97. The van der Waals surface area contributed by atoms with E-state index in [0.717, 1.165) is 25.9 Å². The van der Waals surface area contributed by atoms with Crippen molar-refractivity contribution in [2.45, 2.75) is 38.3 Å². The van der Waals surface area contributed by atoms with Crippen LogP contribution in [0.2, 0.25) is 0 Å². The SMILES string of the molecule is Cc1ccc(C(CN)N2CCC3NC(=O)CCC3C2)cc1. The van der Waals surface area contributed by atoms with Crippen molar-refractivity contribution in [1.82, 2.24) is 10.2 Å². The lowest BCUT2D eigenvalue weighted by Gasteiger charge is -2.44. The molecule has 1 amide bonds. The minimum absolute atomic E-state index is 0.221. The molecule has 1 aromatic rings. The van der Waals surface area contributed by atoms with Gasteiger partial charge in [-0.25, -0.2) is 0 Å². The van der Waals surface area contributed by atoms with Crippen molar-refractivity contribution in [3.05, 3.63) is 35.4 Å². The Kier molecular flexibility index (Phi) is 4.27. The Bertz CT molecular complexity index is 499. The van der Waals surface area contributed by atoms with E-state index in [1.807, 2.05) is 0 Å². The third-order valence-electron chi connectivity index (χ3n) is 4.98. The molecule has 2 heterocycles. The van der Waals surface area contributed by atoms with E-state index in [1.165, 1.54) is 11.1 Å². The standard InChI is InChI=1S/C17H25N3O/c1-12-2-4-13(5-3-12)16(10-18)20-9-8-15-14(11-20)6-7-17(21)19-15/h2-5,14-16H,6-11,18H2,1H3,(H,19,21). The Morgan fingerprint density at radius 2 is 2.10 bits per heavy atom. The lowest BCUT2D eigenvalue weighted by molar-refractivity contribution is -0.125. The largest absolute Gasteiger partial charge is 0.353 e. The van der Waals surface area contributed by atoms with E-state index in [-0.39, 0.29) is 5.91 Å². The van der Waals surface area contributed by atoms with Gasteiger partial charge in [0, 0.05) is 38.1 Å². The van der Waals surface area contributed by atoms with Crippen molar-refractivity contribution in [3.8, 4) is 0 Å². The molecular formula is C17H25N3O. The molecule has 3 N–H and O–H groups in total. The summed E-state index contributed by atoms with van der Waals surface area (Å²) in [5.41, 5.74) is 8.64. The second-order valence-corrected chi connectivity index (χ2v) is 6.42. The molecule has 0 spiro atoms. The van der Waals surface area contributed by atoms with Crippen molar-refractivity contribution >= 4 is 5.91 Å². The van der Waals surface area contributed by atoms with Crippen LogP contribution in [0.1, 0.15) is 36.4 Å². The van der Waals surface area contributed by atoms with Gasteiger partial charge in [0.05, 0.1) is 0 Å². The Balaban J connectivity index is 1.71. The molecule has 114 valence electrons. The van der Waals surface area contributed by atoms with E-state index in [0.29, 0.717) is 31.0 Å². The number of aryl methyl sites for hydroxylation is 1. The molecule has 21 heavy (non-hydrogen) atoms. The van der Waals surface area contributed by atoms with Crippen LogP contribution in [0.5, 0.6) is 0 Å². The van der Waals surface area contributed by atoms with Gasteiger partial charge in [-0.05, 0) is 31.2 Å². The summed E-state index contributed by atoms with van der Waals surface area (Å²) >= 11 is 0. The van der Waals surface area contributed by atoms with Gasteiger partial charge in [-0.3, -0.25) is 9.69 Å². The third kappa shape index (κ3) is 3.11. The van der Waals surface area contributed by atoms with Crippen LogP contribution < -0.4 is 11.1 Å². The van der Waals surface area contributed by atoms with Gasteiger partial charge >= 0.3 is 0 Å². The third-order valence-corrected chi connectivity index (χ3v) is 4.98. The van der Waals surface area contributed by atoms with E-state index in [2.05, 4.69) is 41.4 Å². The summed E-state index contributed by atoms with van der Waals surface area (Å²) < 4.78 is 0. The molecule has 0 bridgehead atoms. The molecule has 4 heteroatoms. The van der Waals surface area contributed by atoms with Crippen LogP contribution >= 0.6 is 0 Å². The Labute approximate surface area is 126 Å². The summed E-state index contributed by atoms with van der Waals surface area (Å²) in [5.74, 6) is 0.801. The number of likely N-dealkylation sites (tertiary alicyclic amines) is 1. The zero-order valence-corrected chi connectivity index (χ0v) is 12.7. The molecule has 2 aliphatic rings. The fraction of sp³-hybridized carbons (Fsp3) is 0.588. The fourth-order valence-corrected chi connectivity index (χ4v) is 3.71. The number of nitrogens with zero attached hydrogens (tertiary/aromatic N) is 1. The Morgan fingerprint density at radius 3 is 2.81 bits per heavy atom. The molecule has 0 saturated carbocycles. The highest BCUT2D eigenvalue weighted by atomic mass is 16.1. The minimum atomic E-state index is 0.221. The molecule has 2 saturated heterocycles. The number of nitrogens with two attached hydrogens (primary N) is 1. The van der Waals surface area contributed by atoms with Gasteiger partial charge in [-0.15, -0.1) is 0 Å². The zero-order valence-electron chi connectivity index (χ0n) is 12.7. The lowest BCUT2D eigenvalue weighted by atomic mass is 9.84. The summed E-state index contributed by atoms with van der Waals surface area (Å²) in [6.45, 7) is 4.81. The number of fused-ring (bicyclic) bond motifs is 1. The number of hydrogen-bond donors (Lipinski definition) is 2. The van der Waals surface area contributed by atoms with Crippen LogP contribution in [0.25, 0.3) is 0 Å². The summed E-state index contributed by atoms with van der Waals surface area (Å²) in [5, 5.41) is 3.15. The predicted molar refractivity (Wildman–Crippen MR) is 83.8 cm³/mol. The van der Waals surface area contributed by atoms with Crippen molar-refractivity contribution < 1.29 is 4.79 Å². The van der Waals surface area contributed by atoms with Crippen LogP contribution in [0.3, 0.4) is 0 Å². The molecule has 4 nitrogen and oxygen atoms in total. The zero-order chi connectivity index (χ0) is 14.8. The molecule has 3 unspecified atom stereocenters. The van der Waals surface area contributed by atoms with Gasteiger partial charge in [0.2, 0.25) is 5.91 Å².